The molecule has 16 atom stereocenters. The summed E-state index contributed by atoms with van der Waals surface area (Å²) in [6, 6.07) is -3.61. The summed E-state index contributed by atoms with van der Waals surface area (Å²) in [5, 5.41) is 74.9. The van der Waals surface area contributed by atoms with Crippen molar-refractivity contribution in [3.63, 3.8) is 0 Å². The molecule has 4 aliphatic rings. The molecular weight excluding hydrogens is 562 g/mol. The van der Waals surface area contributed by atoms with E-state index in [1.165, 1.54) is 0 Å². The largest absolute Gasteiger partial charge is 0.395 e. The molecular formula is C25H47N5O12. The first-order valence-electron chi connectivity index (χ1n) is 14.4. The Hall–Kier alpha value is -0.970. The highest BCUT2D eigenvalue weighted by molar-refractivity contribution is 5.91. The molecule has 4 fully saturated rings. The molecule has 0 radical (unpaired) electrons. The fourth-order valence-electron chi connectivity index (χ4n) is 6.01. The lowest BCUT2D eigenvalue weighted by molar-refractivity contribution is -0.320. The number of aliphatic hydroxyl groups excluding tert-OH is 6. The van der Waals surface area contributed by atoms with Crippen molar-refractivity contribution in [3.05, 3.63) is 0 Å². The van der Waals surface area contributed by atoms with Crippen LogP contribution in [0.2, 0.25) is 0 Å². The lowest BCUT2D eigenvalue weighted by Crippen LogP contribution is -2.66. The molecule has 2 aliphatic carbocycles. The summed E-state index contributed by atoms with van der Waals surface area (Å²) in [5.74, 6) is -1.34. The molecule has 0 spiro atoms. The SMILES string of the molecule is NC1CC1(O)C(=O)C[C@@H]1C[C@H](N)C(O[C@H]2O[C@H](CNCCO)[C@@H](O)C[C@H]2N)[C@H](O)[C@H]1O[C@H]1O[C@H](CO)[C@@H](O)[C@H](N)[C@H]1O. The first kappa shape index (κ1) is 33.9. The summed E-state index contributed by atoms with van der Waals surface area (Å²) >= 11 is 0. The third-order valence-corrected chi connectivity index (χ3v) is 8.80. The predicted octanol–water partition coefficient (Wildman–Crippen LogP) is -6.96. The van der Waals surface area contributed by atoms with Crippen LogP contribution in [0.25, 0.3) is 0 Å². The van der Waals surface area contributed by atoms with Crippen LogP contribution in [0.1, 0.15) is 25.7 Å². The number of Topliss-reactive ketones (excluding diaryl/α,β-unsaturated/α-hetero) is 1. The molecule has 2 saturated carbocycles. The maximum atomic E-state index is 12.9. The molecule has 17 nitrogen and oxygen atoms in total. The van der Waals surface area contributed by atoms with Gasteiger partial charge in [0, 0.05) is 38.0 Å². The second-order valence-corrected chi connectivity index (χ2v) is 11.9. The standard InChI is InChI=1S/C25H47N5O12/c26-10-3-9(4-16(34)25(38)6-15(25)28)21(41-24-19(36)17(29)18(35)14(8-32)40-24)20(37)22(10)42-23-11(27)5-12(33)13(39-23)7-30-1-2-31/h9-15,17-24,30-33,35-38H,1-8,26-29H2/t9-,10-,11+,12-,13+,14+,15?,17-,18+,19+,20+,21-,22?,23+,24+,25?/m0/s1. The number of rotatable bonds is 12. The zero-order valence-corrected chi connectivity index (χ0v) is 23.3. The second-order valence-electron chi connectivity index (χ2n) is 11.9. The quantitative estimate of drug-likeness (QED) is 0.0914. The number of carbonyl (C=O) groups is 1. The van der Waals surface area contributed by atoms with Crippen LogP contribution in [0, 0.1) is 5.92 Å². The lowest BCUT2D eigenvalue weighted by atomic mass is 9.76. The lowest BCUT2D eigenvalue weighted by Gasteiger charge is -2.48. The van der Waals surface area contributed by atoms with Crippen LogP contribution in [0.5, 0.6) is 0 Å². The predicted molar refractivity (Wildman–Crippen MR) is 142 cm³/mol. The van der Waals surface area contributed by atoms with E-state index in [2.05, 4.69) is 5.32 Å². The minimum absolute atomic E-state index is 0.0659. The Bertz CT molecular complexity index is 908. The third-order valence-electron chi connectivity index (χ3n) is 8.80. The van der Waals surface area contributed by atoms with Gasteiger partial charge in [-0.25, -0.2) is 0 Å². The Morgan fingerprint density at radius 2 is 1.52 bits per heavy atom. The first-order chi connectivity index (χ1) is 19.8. The molecule has 2 heterocycles. The normalized spacial score (nSPS) is 49.5. The van der Waals surface area contributed by atoms with Gasteiger partial charge in [-0.1, -0.05) is 0 Å². The molecule has 0 aromatic heterocycles. The molecule has 17 heteroatoms. The Morgan fingerprint density at radius 1 is 0.881 bits per heavy atom. The number of carbonyl (C=O) groups excluding carboxylic acids is 1. The van der Waals surface area contributed by atoms with Crippen molar-refractivity contribution < 1.29 is 59.5 Å². The number of hydrogen-bond donors (Lipinski definition) is 12. The van der Waals surface area contributed by atoms with Crippen LogP contribution in [-0.2, 0) is 23.7 Å². The summed E-state index contributed by atoms with van der Waals surface area (Å²) in [4.78, 5) is 12.9. The van der Waals surface area contributed by atoms with Gasteiger partial charge in [-0.15, -0.1) is 0 Å². The molecule has 4 rings (SSSR count). The monoisotopic (exact) mass is 609 g/mol. The minimum atomic E-state index is -1.69. The van der Waals surface area contributed by atoms with E-state index in [0.717, 1.165) is 0 Å². The van der Waals surface area contributed by atoms with Gasteiger partial charge < -0.3 is 82.9 Å². The Labute approximate surface area is 243 Å². The van der Waals surface area contributed by atoms with Crippen molar-refractivity contribution in [3.8, 4) is 0 Å². The number of nitrogens with two attached hydrogens (primary N) is 4. The number of ketones is 1. The van der Waals surface area contributed by atoms with E-state index in [1.807, 2.05) is 0 Å². The van der Waals surface area contributed by atoms with Gasteiger partial charge in [-0.05, 0) is 18.8 Å². The molecule has 2 aliphatic heterocycles. The average Bonchev–Trinajstić information content (AvgIpc) is 3.57. The van der Waals surface area contributed by atoms with Crippen LogP contribution < -0.4 is 28.3 Å². The molecule has 0 aromatic carbocycles. The fraction of sp³-hybridized carbons (Fsp3) is 0.960. The van der Waals surface area contributed by atoms with Crippen molar-refractivity contribution in [1.29, 1.82) is 0 Å². The Morgan fingerprint density at radius 3 is 2.14 bits per heavy atom. The summed E-state index contributed by atoms with van der Waals surface area (Å²) < 4.78 is 23.5. The van der Waals surface area contributed by atoms with Gasteiger partial charge in [0.1, 0.15) is 36.1 Å². The van der Waals surface area contributed by atoms with E-state index in [-0.39, 0.29) is 45.4 Å². The maximum Gasteiger partial charge on any atom is 0.186 e. The fourth-order valence-corrected chi connectivity index (χ4v) is 6.01. The number of ether oxygens (including phenoxy) is 4. The van der Waals surface area contributed by atoms with Crippen LogP contribution in [-0.4, -0.2) is 159 Å². The first-order valence-corrected chi connectivity index (χ1v) is 14.4. The zero-order chi connectivity index (χ0) is 30.9. The highest BCUT2D eigenvalue weighted by Crippen LogP contribution is 2.41. The topological polar surface area (TPSA) is 312 Å². The van der Waals surface area contributed by atoms with E-state index in [9.17, 15) is 35.4 Å². The van der Waals surface area contributed by atoms with Gasteiger partial charge in [-0.3, -0.25) is 4.79 Å². The molecule has 0 amide bonds. The van der Waals surface area contributed by atoms with Gasteiger partial charge in [0.2, 0.25) is 0 Å². The molecule has 0 aromatic rings. The molecule has 244 valence electrons. The number of aliphatic hydroxyl groups is 7. The summed E-state index contributed by atoms with van der Waals surface area (Å²) in [5.41, 5.74) is 22.6. The highest BCUT2D eigenvalue weighted by Gasteiger charge is 2.58. The third kappa shape index (κ3) is 7.12. The van der Waals surface area contributed by atoms with Gasteiger partial charge in [0.05, 0.1) is 43.6 Å². The van der Waals surface area contributed by atoms with E-state index in [4.69, 9.17) is 47.0 Å². The average molecular weight is 610 g/mol. The van der Waals surface area contributed by atoms with E-state index < -0.39 is 109 Å². The van der Waals surface area contributed by atoms with Crippen LogP contribution >= 0.6 is 0 Å². The van der Waals surface area contributed by atoms with Crippen molar-refractivity contribution in [1.82, 2.24) is 5.32 Å². The van der Waals surface area contributed by atoms with E-state index in [1.54, 1.807) is 0 Å². The second kappa shape index (κ2) is 14.0. The van der Waals surface area contributed by atoms with Crippen molar-refractivity contribution in [2.75, 3.05) is 26.3 Å². The summed E-state index contributed by atoms with van der Waals surface area (Å²) in [6.07, 6.45) is -12.3. The molecule has 2 saturated heterocycles. The smallest absolute Gasteiger partial charge is 0.186 e. The van der Waals surface area contributed by atoms with Crippen molar-refractivity contribution in [2.24, 2.45) is 28.9 Å². The zero-order valence-electron chi connectivity index (χ0n) is 23.3. The molecule has 3 unspecified atom stereocenters. The van der Waals surface area contributed by atoms with Gasteiger partial charge >= 0.3 is 0 Å². The number of nitrogens with one attached hydrogen (secondary N) is 1. The van der Waals surface area contributed by atoms with Gasteiger partial charge in [0.15, 0.2) is 18.4 Å². The summed E-state index contributed by atoms with van der Waals surface area (Å²) in [6.45, 7) is -0.261. The summed E-state index contributed by atoms with van der Waals surface area (Å²) in [7, 11) is 0. The molecule has 42 heavy (non-hydrogen) atoms. The molecule has 0 bridgehead atoms. The number of hydrogen-bond acceptors (Lipinski definition) is 17. The van der Waals surface area contributed by atoms with Gasteiger partial charge in [-0.2, -0.15) is 0 Å². The maximum absolute atomic E-state index is 12.9. The van der Waals surface area contributed by atoms with Crippen LogP contribution in [0.3, 0.4) is 0 Å². The van der Waals surface area contributed by atoms with Crippen molar-refractivity contribution in [2.45, 2.75) is 117 Å². The Balaban J connectivity index is 1.52. The van der Waals surface area contributed by atoms with Crippen LogP contribution in [0.4, 0.5) is 0 Å². The van der Waals surface area contributed by atoms with E-state index >= 15 is 0 Å². The van der Waals surface area contributed by atoms with Gasteiger partial charge in [0.25, 0.3) is 0 Å². The van der Waals surface area contributed by atoms with Crippen LogP contribution in [0.15, 0.2) is 0 Å². The minimum Gasteiger partial charge on any atom is -0.395 e. The Kier molecular flexibility index (Phi) is 11.3. The van der Waals surface area contributed by atoms with E-state index in [0.29, 0.717) is 0 Å². The molecule has 16 N–H and O–H groups in total. The highest BCUT2D eigenvalue weighted by atomic mass is 16.7. The van der Waals surface area contributed by atoms with Crippen molar-refractivity contribution >= 4 is 5.78 Å².